The van der Waals surface area contributed by atoms with Crippen LogP contribution in [0.1, 0.15) is 17.2 Å². The maximum atomic E-state index is 6.30. The van der Waals surface area contributed by atoms with Gasteiger partial charge in [-0.2, -0.15) is 0 Å². The Morgan fingerprint density at radius 1 is 1.00 bits per heavy atom. The van der Waals surface area contributed by atoms with Gasteiger partial charge < -0.3 is 15.2 Å². The number of rotatable bonds is 2. The second-order valence-corrected chi connectivity index (χ2v) is 5.39. The van der Waals surface area contributed by atoms with Crippen LogP contribution in [0.4, 0.5) is 0 Å². The highest BCUT2D eigenvalue weighted by Crippen LogP contribution is 2.38. The first-order valence-electron chi connectivity index (χ1n) is 6.25. The number of fused-ring (bicyclic) bond motifs is 1. The second-order valence-electron chi connectivity index (χ2n) is 4.55. The van der Waals surface area contributed by atoms with Gasteiger partial charge in [0.05, 0.1) is 6.04 Å². The molecule has 0 fully saturated rings. The van der Waals surface area contributed by atoms with Crippen LogP contribution >= 0.6 is 23.2 Å². The molecule has 104 valence electrons. The molecule has 2 aromatic carbocycles. The average molecular weight is 310 g/mol. The van der Waals surface area contributed by atoms with E-state index in [1.807, 2.05) is 30.3 Å². The van der Waals surface area contributed by atoms with E-state index in [1.165, 1.54) is 0 Å². The quantitative estimate of drug-likeness (QED) is 0.917. The van der Waals surface area contributed by atoms with Gasteiger partial charge in [-0.1, -0.05) is 35.3 Å². The van der Waals surface area contributed by atoms with E-state index in [9.17, 15) is 0 Å². The first-order valence-corrected chi connectivity index (χ1v) is 7.01. The molecular formula is C15H13Cl2NO2. The summed E-state index contributed by atoms with van der Waals surface area (Å²) in [6.45, 7) is 1.06. The Bertz CT molecular complexity index is 646. The van der Waals surface area contributed by atoms with Gasteiger partial charge in [0, 0.05) is 16.1 Å². The van der Waals surface area contributed by atoms with Crippen LogP contribution in [0.25, 0.3) is 0 Å². The van der Waals surface area contributed by atoms with Gasteiger partial charge in [0.15, 0.2) is 11.5 Å². The van der Waals surface area contributed by atoms with Crippen molar-refractivity contribution in [2.75, 3.05) is 13.2 Å². The summed E-state index contributed by atoms with van der Waals surface area (Å²) in [4.78, 5) is 0. The Labute approximate surface area is 127 Å². The number of benzene rings is 2. The first kappa shape index (κ1) is 13.6. The normalized spacial score (nSPS) is 14.9. The highest BCUT2D eigenvalue weighted by atomic mass is 35.5. The van der Waals surface area contributed by atoms with Crippen molar-refractivity contribution in [2.24, 2.45) is 5.73 Å². The van der Waals surface area contributed by atoms with Gasteiger partial charge in [-0.05, 0) is 29.3 Å². The van der Waals surface area contributed by atoms with Crippen LogP contribution in [-0.2, 0) is 0 Å². The fourth-order valence-electron chi connectivity index (χ4n) is 2.20. The summed E-state index contributed by atoms with van der Waals surface area (Å²) in [5.74, 6) is 1.33. The van der Waals surface area contributed by atoms with Crippen LogP contribution in [0.3, 0.4) is 0 Å². The molecule has 20 heavy (non-hydrogen) atoms. The molecule has 0 saturated heterocycles. The van der Waals surface area contributed by atoms with Crippen molar-refractivity contribution in [1.82, 2.24) is 0 Å². The zero-order valence-corrected chi connectivity index (χ0v) is 12.1. The van der Waals surface area contributed by atoms with Crippen molar-refractivity contribution in [3.63, 3.8) is 0 Å². The smallest absolute Gasteiger partial charge is 0.162 e. The number of halogens is 2. The maximum Gasteiger partial charge on any atom is 0.162 e. The lowest BCUT2D eigenvalue weighted by Gasteiger charge is -2.22. The molecule has 0 aliphatic carbocycles. The van der Waals surface area contributed by atoms with Crippen LogP contribution in [-0.4, -0.2) is 13.2 Å². The van der Waals surface area contributed by atoms with Crippen LogP contribution in [0.5, 0.6) is 11.5 Å². The molecule has 1 aliphatic rings. The summed E-state index contributed by atoms with van der Waals surface area (Å²) in [5, 5.41) is 1.20. The Morgan fingerprint density at radius 2 is 1.70 bits per heavy atom. The lowest BCUT2D eigenvalue weighted by Crippen LogP contribution is -2.17. The van der Waals surface area contributed by atoms with Crippen molar-refractivity contribution < 1.29 is 9.47 Å². The summed E-state index contributed by atoms with van der Waals surface area (Å²) in [6, 6.07) is 10.6. The molecule has 1 unspecified atom stereocenters. The monoisotopic (exact) mass is 309 g/mol. The van der Waals surface area contributed by atoms with E-state index in [4.69, 9.17) is 38.4 Å². The SMILES string of the molecule is NC(c1cccc(Cl)c1)c1cc2c(cc1Cl)OCCO2. The van der Waals surface area contributed by atoms with E-state index < -0.39 is 0 Å². The number of hydrogen-bond acceptors (Lipinski definition) is 3. The fraction of sp³-hybridized carbons (Fsp3) is 0.200. The van der Waals surface area contributed by atoms with Crippen molar-refractivity contribution >= 4 is 23.2 Å². The molecule has 0 radical (unpaired) electrons. The molecule has 0 aromatic heterocycles. The van der Waals surface area contributed by atoms with Crippen LogP contribution in [0.2, 0.25) is 10.0 Å². The van der Waals surface area contributed by atoms with E-state index in [0.717, 1.165) is 11.1 Å². The van der Waals surface area contributed by atoms with E-state index in [2.05, 4.69) is 0 Å². The summed E-state index contributed by atoms with van der Waals surface area (Å²) in [5.41, 5.74) is 7.97. The first-order chi connectivity index (χ1) is 9.65. The minimum absolute atomic E-state index is 0.364. The second kappa shape index (κ2) is 5.52. The molecule has 1 aliphatic heterocycles. The van der Waals surface area contributed by atoms with Crippen molar-refractivity contribution in [3.8, 4) is 11.5 Å². The molecular weight excluding hydrogens is 297 g/mol. The molecule has 1 heterocycles. The third-order valence-corrected chi connectivity index (χ3v) is 3.77. The van der Waals surface area contributed by atoms with Crippen molar-refractivity contribution in [2.45, 2.75) is 6.04 Å². The Kier molecular flexibility index (Phi) is 3.74. The Morgan fingerprint density at radius 3 is 2.40 bits per heavy atom. The maximum absolute atomic E-state index is 6.30. The molecule has 1 atom stereocenters. The third kappa shape index (κ3) is 2.57. The molecule has 0 bridgehead atoms. The van der Waals surface area contributed by atoms with Gasteiger partial charge in [0.2, 0.25) is 0 Å². The van der Waals surface area contributed by atoms with Gasteiger partial charge in [0.1, 0.15) is 13.2 Å². The largest absolute Gasteiger partial charge is 0.486 e. The average Bonchev–Trinajstić information content (AvgIpc) is 2.46. The molecule has 0 saturated carbocycles. The number of hydrogen-bond donors (Lipinski definition) is 1. The zero-order chi connectivity index (χ0) is 14.1. The number of ether oxygens (including phenoxy) is 2. The van der Waals surface area contributed by atoms with Crippen LogP contribution < -0.4 is 15.2 Å². The topological polar surface area (TPSA) is 44.5 Å². The van der Waals surface area contributed by atoms with Crippen LogP contribution in [0, 0.1) is 0 Å². The molecule has 3 nitrogen and oxygen atoms in total. The minimum atomic E-state index is -0.364. The summed E-state index contributed by atoms with van der Waals surface area (Å²) >= 11 is 12.3. The van der Waals surface area contributed by atoms with Gasteiger partial charge in [-0.3, -0.25) is 0 Å². The van der Waals surface area contributed by atoms with E-state index >= 15 is 0 Å². The molecule has 0 amide bonds. The highest BCUT2D eigenvalue weighted by molar-refractivity contribution is 6.31. The summed E-state index contributed by atoms with van der Waals surface area (Å²) in [7, 11) is 0. The van der Waals surface area contributed by atoms with Gasteiger partial charge in [0.25, 0.3) is 0 Å². The predicted octanol–water partition coefficient (Wildman–Crippen LogP) is 3.81. The summed E-state index contributed by atoms with van der Waals surface area (Å²) < 4.78 is 11.1. The molecule has 3 rings (SSSR count). The summed E-state index contributed by atoms with van der Waals surface area (Å²) in [6.07, 6.45) is 0. The molecule has 0 spiro atoms. The van der Waals surface area contributed by atoms with Gasteiger partial charge in [-0.15, -0.1) is 0 Å². The molecule has 5 heteroatoms. The van der Waals surface area contributed by atoms with Crippen molar-refractivity contribution in [1.29, 1.82) is 0 Å². The van der Waals surface area contributed by atoms with Gasteiger partial charge in [-0.25, -0.2) is 0 Å². The standard InChI is InChI=1S/C15H13Cl2NO2/c16-10-3-1-2-9(6-10)15(18)11-7-13-14(8-12(11)17)20-5-4-19-13/h1-3,6-8,15H,4-5,18H2. The van der Waals surface area contributed by atoms with Gasteiger partial charge >= 0.3 is 0 Å². The van der Waals surface area contributed by atoms with E-state index in [-0.39, 0.29) is 6.04 Å². The van der Waals surface area contributed by atoms with E-state index in [0.29, 0.717) is 34.8 Å². The molecule has 2 N–H and O–H groups in total. The lowest BCUT2D eigenvalue weighted by molar-refractivity contribution is 0.171. The number of nitrogens with two attached hydrogens (primary N) is 1. The Balaban J connectivity index is 2.01. The minimum Gasteiger partial charge on any atom is -0.486 e. The van der Waals surface area contributed by atoms with Crippen LogP contribution in [0.15, 0.2) is 36.4 Å². The van der Waals surface area contributed by atoms with Crippen molar-refractivity contribution in [3.05, 3.63) is 57.6 Å². The van der Waals surface area contributed by atoms with E-state index in [1.54, 1.807) is 6.07 Å². The Hall–Kier alpha value is -1.42. The fourth-order valence-corrected chi connectivity index (χ4v) is 2.67. The zero-order valence-electron chi connectivity index (χ0n) is 10.6. The third-order valence-electron chi connectivity index (χ3n) is 3.20. The predicted molar refractivity (Wildman–Crippen MR) is 79.9 cm³/mol. The lowest BCUT2D eigenvalue weighted by atomic mass is 9.99. The molecule has 2 aromatic rings. The highest BCUT2D eigenvalue weighted by Gasteiger charge is 2.19.